The first kappa shape index (κ1) is 99.6. The summed E-state index contributed by atoms with van der Waals surface area (Å²) >= 11 is 14.3. The highest BCUT2D eigenvalue weighted by Crippen LogP contribution is 2.56. The lowest BCUT2D eigenvalue weighted by atomic mass is 10.1. The second kappa shape index (κ2) is 48.5. The molecule has 10 aromatic heterocycles. The van der Waals surface area contributed by atoms with Gasteiger partial charge in [0.25, 0.3) is 23.6 Å². The van der Waals surface area contributed by atoms with E-state index in [0.29, 0.717) is 48.5 Å². The third kappa shape index (κ3) is 21.8. The number of fused-ring (bicyclic) bond motifs is 12. The van der Waals surface area contributed by atoms with Crippen molar-refractivity contribution in [3.63, 3.8) is 0 Å². The highest BCUT2D eigenvalue weighted by atomic mass is 32.1. The molecule has 0 bridgehead atoms. The Morgan fingerprint density at radius 3 is 0.688 bits per heavy atom. The van der Waals surface area contributed by atoms with Gasteiger partial charge in [0, 0.05) is 120 Å². The summed E-state index contributed by atoms with van der Waals surface area (Å²) in [6.07, 6.45) is 52.5. The molecule has 726 valence electrons. The van der Waals surface area contributed by atoms with Crippen LogP contribution < -0.4 is 0 Å². The molecule has 138 heavy (non-hydrogen) atoms. The normalized spacial score (nSPS) is 14.3. The van der Waals surface area contributed by atoms with Crippen LogP contribution >= 0.6 is 90.7 Å². The Morgan fingerprint density at radius 1 is 0.203 bits per heavy atom. The minimum absolute atomic E-state index is 0.0502. The molecule has 4 amide bonds. The fourth-order valence-corrected chi connectivity index (χ4v) is 31.0. The molecular formula is C120H144N6O4S8. The van der Waals surface area contributed by atoms with Crippen LogP contribution in [0.25, 0.3) is 135 Å². The lowest BCUT2D eigenvalue weighted by molar-refractivity contribution is -0.124. The molecule has 10 nitrogen and oxygen atoms in total. The lowest BCUT2D eigenvalue weighted by Crippen LogP contribution is -2.30. The van der Waals surface area contributed by atoms with Gasteiger partial charge in [-0.15, -0.1) is 90.7 Å². The summed E-state index contributed by atoms with van der Waals surface area (Å²) in [4.78, 5) is 87.6. The van der Waals surface area contributed by atoms with Crippen molar-refractivity contribution in [1.82, 2.24) is 28.7 Å². The summed E-state index contributed by atoms with van der Waals surface area (Å²) < 4.78 is 7.92. The molecule has 0 spiro atoms. The third-order valence-electron chi connectivity index (χ3n) is 29.4. The largest absolute Gasteiger partial charge is 0.332 e. The van der Waals surface area contributed by atoms with Crippen LogP contribution in [-0.4, -0.2) is 78.5 Å². The maximum atomic E-state index is 16.0. The Labute approximate surface area is 853 Å². The number of carbonyl (C=O) groups is 4. The van der Waals surface area contributed by atoms with Crippen molar-refractivity contribution in [2.24, 2.45) is 0 Å². The standard InChI is InChI=1S/C120H144N6O4S8/c1-7-13-19-25-31-33-35-37-43-49-75-121-89-81-83(59-61-85(89)105-87-55-45-47-57-93(87)137-119(105)121)91-63-71-101(131-91)111-107-109(117(129)123(111)77-51-39-27-21-15-9-3)113(125(115(107)127)79-53-41-29-23-17-11-5)103-73-69-99(135-103)97-67-65-95(133-97)96-66-68-98(134-96)100-70-74-104(136-100)114-110-108(116(128)126(114)80-54-42-30-24-18-12-6)112(124(118(110)130)78-52-40-28-22-16-10-4)102-72-64-92(132-102)84-60-62-86-90(82-84)122(76-50-44-38-36-34-32-26-20-14-8-2)120-106(86)88-56-46-48-58-94(88)138-120/h45-48,55-74,81-82H,7-44,49-54,75-80H2,1-6H3. The maximum Gasteiger partial charge on any atom is 0.261 e. The van der Waals surface area contributed by atoms with Crippen LogP contribution in [0.15, 0.2) is 180 Å². The maximum absolute atomic E-state index is 16.0. The van der Waals surface area contributed by atoms with E-state index < -0.39 is 0 Å². The molecule has 4 aromatic carbocycles. The highest BCUT2D eigenvalue weighted by molar-refractivity contribution is 7.29. The number of benzene rings is 4. The molecule has 18 rings (SSSR count). The van der Waals surface area contributed by atoms with Crippen LogP contribution in [0.3, 0.4) is 0 Å². The second-order valence-corrected chi connectivity index (χ2v) is 48.0. The molecular weight excluding hydrogens is 1850 g/mol. The number of amides is 4. The van der Waals surface area contributed by atoms with Gasteiger partial charge in [0.15, 0.2) is 0 Å². The summed E-state index contributed by atoms with van der Waals surface area (Å²) in [5, 5.41) is 8.01. The summed E-state index contributed by atoms with van der Waals surface area (Å²) in [6, 6.07) is 58.8. The second-order valence-electron chi connectivity index (χ2n) is 39.5. The summed E-state index contributed by atoms with van der Waals surface area (Å²) in [5.41, 5.74) is 10.3. The monoisotopic (exact) mass is 1990 g/mol. The van der Waals surface area contributed by atoms with Gasteiger partial charge < -0.3 is 28.7 Å². The van der Waals surface area contributed by atoms with Gasteiger partial charge in [0.1, 0.15) is 9.66 Å². The molecule has 0 unspecified atom stereocenters. The van der Waals surface area contributed by atoms with E-state index in [1.54, 1.807) is 68.0 Å². The average molecular weight is 1990 g/mol. The van der Waals surface area contributed by atoms with E-state index in [1.165, 1.54) is 265 Å². The molecule has 0 atom stereocenters. The Kier molecular flexibility index (Phi) is 35.0. The summed E-state index contributed by atoms with van der Waals surface area (Å²) in [6.45, 7) is 17.9. The van der Waals surface area contributed by atoms with Crippen molar-refractivity contribution in [3.8, 4) is 50.1 Å². The molecule has 14 aromatic rings. The van der Waals surface area contributed by atoms with Gasteiger partial charge >= 0.3 is 0 Å². The molecule has 18 heteroatoms. The molecule has 0 radical (unpaired) electrons. The van der Waals surface area contributed by atoms with Gasteiger partial charge in [-0.25, -0.2) is 0 Å². The zero-order valence-electron chi connectivity index (χ0n) is 82.9. The van der Waals surface area contributed by atoms with E-state index in [-0.39, 0.29) is 23.6 Å². The van der Waals surface area contributed by atoms with Crippen molar-refractivity contribution in [3.05, 3.63) is 200 Å². The zero-order chi connectivity index (χ0) is 94.8. The van der Waals surface area contributed by atoms with Crippen molar-refractivity contribution in [1.29, 1.82) is 0 Å². The average Bonchev–Trinajstić information content (AvgIpc) is 1.56. The first-order valence-electron chi connectivity index (χ1n) is 53.8. The predicted molar refractivity (Wildman–Crippen MR) is 602 cm³/mol. The minimum Gasteiger partial charge on any atom is -0.332 e. The van der Waals surface area contributed by atoms with Crippen LogP contribution in [0, 0.1) is 0 Å². The van der Waals surface area contributed by atoms with Gasteiger partial charge in [0.2, 0.25) is 0 Å². The van der Waals surface area contributed by atoms with E-state index in [0.717, 1.165) is 186 Å². The van der Waals surface area contributed by atoms with Gasteiger partial charge in [0.05, 0.1) is 75.6 Å². The van der Waals surface area contributed by atoms with Crippen LogP contribution in [0.2, 0.25) is 0 Å². The molecule has 0 fully saturated rings. The first-order chi connectivity index (χ1) is 68.0. The Balaban J connectivity index is 0.636. The number of nitrogens with zero attached hydrogens (tertiary/aromatic N) is 6. The predicted octanol–water partition coefficient (Wildman–Crippen LogP) is 37.9. The topological polar surface area (TPSA) is 91.1 Å². The van der Waals surface area contributed by atoms with E-state index in [4.69, 9.17) is 0 Å². The molecule has 4 aliphatic rings. The molecule has 0 saturated carbocycles. The first-order valence-corrected chi connectivity index (χ1v) is 60.3. The van der Waals surface area contributed by atoms with E-state index in [9.17, 15) is 0 Å². The molecule has 14 heterocycles. The SMILES string of the molecule is CCCCCCCCCCCCn1c2cc(-c3ccc(C4=C5C(=O)N(CCCCCCCC)C(c6ccc(-c7ccc(-c8ccc(-c9ccc(C%10=C%11C(=O)N(CCCCCCCC)C(c%12ccc(-c%13ccc%14c%15c%16ccccc%16sc%15n(CCCCCCCCCCCC)c%14c%13)s%12)=C%11C(=O)N%10CCCCCCCC)s9)s8)s7)s6)=C5C(=O)N4CCCCCCCC)s3)ccc2c2c3ccccc3sc21. The minimum atomic E-state index is -0.0502. The van der Waals surface area contributed by atoms with E-state index in [1.807, 2.05) is 42.3 Å². The van der Waals surface area contributed by atoms with Gasteiger partial charge in [-0.3, -0.25) is 19.2 Å². The Hall–Kier alpha value is -8.56. The van der Waals surface area contributed by atoms with Crippen LogP contribution in [-0.2, 0) is 32.3 Å². The number of thiophene rings is 8. The Morgan fingerprint density at radius 2 is 0.420 bits per heavy atom. The summed E-state index contributed by atoms with van der Waals surface area (Å²) in [5.74, 6) is -0.201. The number of aromatic nitrogens is 2. The number of hydrogen-bond donors (Lipinski definition) is 0. The number of hydrogen-bond acceptors (Lipinski definition) is 12. The Bertz CT molecular complexity index is 6300. The zero-order valence-corrected chi connectivity index (χ0v) is 89.5. The van der Waals surface area contributed by atoms with E-state index in [2.05, 4.69) is 208 Å². The number of aryl methyl sites for hydroxylation is 2. The quantitative estimate of drug-likeness (QED) is 0.0355. The number of unbranched alkanes of at least 4 members (excludes halogenated alkanes) is 38. The third-order valence-corrected chi connectivity index (χ3v) is 39.0. The van der Waals surface area contributed by atoms with Crippen molar-refractivity contribution < 1.29 is 19.2 Å². The van der Waals surface area contributed by atoms with Crippen molar-refractivity contribution in [2.45, 2.75) is 337 Å². The van der Waals surface area contributed by atoms with Crippen molar-refractivity contribution >= 4 is 200 Å². The number of carbonyl (C=O) groups excluding carboxylic acids is 4. The van der Waals surface area contributed by atoms with Crippen LogP contribution in [0.4, 0.5) is 0 Å². The fourth-order valence-electron chi connectivity index (χ4n) is 21.9. The van der Waals surface area contributed by atoms with Crippen LogP contribution in [0.5, 0.6) is 0 Å². The molecule has 0 saturated heterocycles. The molecule has 0 aliphatic carbocycles. The smallest absolute Gasteiger partial charge is 0.261 e. The number of rotatable bonds is 59. The van der Waals surface area contributed by atoms with Crippen LogP contribution in [0.1, 0.15) is 344 Å². The summed E-state index contributed by atoms with van der Waals surface area (Å²) in [7, 11) is 0. The highest BCUT2D eigenvalue weighted by Gasteiger charge is 2.51. The van der Waals surface area contributed by atoms with Gasteiger partial charge in [-0.1, -0.05) is 346 Å². The van der Waals surface area contributed by atoms with Gasteiger partial charge in [-0.2, -0.15) is 0 Å². The van der Waals surface area contributed by atoms with E-state index >= 15 is 19.2 Å². The molecule has 4 aliphatic heterocycles. The molecule has 0 N–H and O–H groups in total. The van der Waals surface area contributed by atoms with Crippen molar-refractivity contribution in [2.75, 3.05) is 26.2 Å². The van der Waals surface area contributed by atoms with Gasteiger partial charge in [-0.05, 0) is 147 Å². The fraction of sp³-hybridized carbons (Fsp3) is 0.467. The lowest BCUT2D eigenvalue weighted by Gasteiger charge is -2.24.